The van der Waals surface area contributed by atoms with Crippen molar-refractivity contribution in [1.29, 1.82) is 0 Å². The highest BCUT2D eigenvalue weighted by molar-refractivity contribution is 5.68. The van der Waals surface area contributed by atoms with E-state index in [4.69, 9.17) is 19.2 Å². The second-order valence-electron chi connectivity index (χ2n) is 7.44. The topological polar surface area (TPSA) is 80.3 Å². The van der Waals surface area contributed by atoms with Crippen molar-refractivity contribution in [2.24, 2.45) is 0 Å². The largest absolute Gasteiger partial charge is 0.450 e. The van der Waals surface area contributed by atoms with E-state index in [9.17, 15) is 4.79 Å². The van der Waals surface area contributed by atoms with Crippen LogP contribution in [0.25, 0.3) is 0 Å². The Kier molecular flexibility index (Phi) is 5.54. The molecule has 154 valence electrons. The van der Waals surface area contributed by atoms with Gasteiger partial charge in [-0.25, -0.2) is 9.78 Å². The number of ether oxygens (including phenoxy) is 3. The van der Waals surface area contributed by atoms with Crippen LogP contribution in [0.2, 0.25) is 0 Å². The van der Waals surface area contributed by atoms with Crippen LogP contribution in [0.3, 0.4) is 0 Å². The van der Waals surface area contributed by atoms with Gasteiger partial charge in [0.25, 0.3) is 0 Å². The van der Waals surface area contributed by atoms with E-state index in [1.54, 1.807) is 4.90 Å². The minimum absolute atomic E-state index is 0.244. The van der Waals surface area contributed by atoms with Gasteiger partial charge in [-0.15, -0.1) is 0 Å². The van der Waals surface area contributed by atoms with E-state index in [1.807, 2.05) is 19.9 Å². The first-order chi connectivity index (χ1) is 13.6. The van der Waals surface area contributed by atoms with Crippen molar-refractivity contribution in [2.75, 3.05) is 68.9 Å². The molecule has 0 N–H and O–H groups in total. The van der Waals surface area contributed by atoms with Gasteiger partial charge in [0.05, 0.1) is 19.8 Å². The van der Waals surface area contributed by atoms with Crippen molar-refractivity contribution in [3.05, 3.63) is 11.8 Å². The Hall–Kier alpha value is -2.13. The molecule has 9 heteroatoms. The molecule has 4 rings (SSSR count). The Morgan fingerprint density at radius 3 is 2.39 bits per heavy atom. The number of piperazine rings is 1. The lowest BCUT2D eigenvalue weighted by atomic mass is 10.0. The molecular formula is C19H29N5O4. The van der Waals surface area contributed by atoms with Crippen LogP contribution in [-0.2, 0) is 14.2 Å². The third-order valence-electron chi connectivity index (χ3n) is 5.58. The van der Waals surface area contributed by atoms with Gasteiger partial charge in [-0.3, -0.25) is 0 Å². The van der Waals surface area contributed by atoms with Gasteiger partial charge < -0.3 is 28.9 Å². The second kappa shape index (κ2) is 8.08. The normalized spacial score (nSPS) is 22.0. The Morgan fingerprint density at radius 2 is 1.75 bits per heavy atom. The summed E-state index contributed by atoms with van der Waals surface area (Å²) in [6, 6.07) is 2.03. The molecular weight excluding hydrogens is 362 g/mol. The maximum absolute atomic E-state index is 11.9. The second-order valence-corrected chi connectivity index (χ2v) is 7.44. The van der Waals surface area contributed by atoms with Crippen LogP contribution in [0.5, 0.6) is 0 Å². The fourth-order valence-electron chi connectivity index (χ4n) is 4.01. The Labute approximate surface area is 165 Å². The molecule has 0 bridgehead atoms. The molecule has 0 saturated carbocycles. The quantitative estimate of drug-likeness (QED) is 0.765. The summed E-state index contributed by atoms with van der Waals surface area (Å²) >= 11 is 0. The average Bonchev–Trinajstić information content (AvgIpc) is 3.16. The highest BCUT2D eigenvalue weighted by atomic mass is 16.7. The number of hydrogen-bond donors (Lipinski definition) is 0. The first-order valence-electron chi connectivity index (χ1n) is 10.1. The van der Waals surface area contributed by atoms with E-state index < -0.39 is 0 Å². The molecule has 3 saturated heterocycles. The lowest BCUT2D eigenvalue weighted by Crippen LogP contribution is -2.49. The molecule has 3 aliphatic rings. The maximum atomic E-state index is 11.9. The van der Waals surface area contributed by atoms with Crippen molar-refractivity contribution >= 4 is 17.9 Å². The van der Waals surface area contributed by atoms with Crippen LogP contribution in [0.15, 0.2) is 6.07 Å². The van der Waals surface area contributed by atoms with Crippen LogP contribution in [0.4, 0.5) is 16.6 Å². The number of nitrogens with zero attached hydrogens (tertiary/aromatic N) is 5. The minimum Gasteiger partial charge on any atom is -0.450 e. The molecule has 0 atom stereocenters. The number of hydrogen-bond acceptors (Lipinski definition) is 8. The zero-order valence-electron chi connectivity index (χ0n) is 16.7. The van der Waals surface area contributed by atoms with Gasteiger partial charge >= 0.3 is 6.09 Å². The van der Waals surface area contributed by atoms with Crippen LogP contribution < -0.4 is 9.80 Å². The first-order valence-corrected chi connectivity index (χ1v) is 10.1. The lowest BCUT2D eigenvalue weighted by Gasteiger charge is -2.38. The van der Waals surface area contributed by atoms with E-state index in [-0.39, 0.29) is 11.9 Å². The third kappa shape index (κ3) is 4.00. The van der Waals surface area contributed by atoms with Crippen LogP contribution in [0, 0.1) is 6.92 Å². The summed E-state index contributed by atoms with van der Waals surface area (Å²) in [6.07, 6.45) is 1.46. The zero-order chi connectivity index (χ0) is 19.6. The summed E-state index contributed by atoms with van der Waals surface area (Å²) in [5.74, 6) is 1.29. The summed E-state index contributed by atoms with van der Waals surface area (Å²) in [6.45, 7) is 9.94. The van der Waals surface area contributed by atoms with Gasteiger partial charge in [-0.2, -0.15) is 4.98 Å². The Bertz CT molecular complexity index is 692. The van der Waals surface area contributed by atoms with Gasteiger partial charge in [0.15, 0.2) is 5.79 Å². The van der Waals surface area contributed by atoms with Crippen molar-refractivity contribution in [2.45, 2.75) is 32.5 Å². The summed E-state index contributed by atoms with van der Waals surface area (Å²) in [7, 11) is 0. The summed E-state index contributed by atoms with van der Waals surface area (Å²) in [4.78, 5) is 27.5. The highest BCUT2D eigenvalue weighted by Gasteiger charge is 2.40. The maximum Gasteiger partial charge on any atom is 0.409 e. The van der Waals surface area contributed by atoms with Gasteiger partial charge in [-0.05, 0) is 13.8 Å². The van der Waals surface area contributed by atoms with Gasteiger partial charge in [0.1, 0.15) is 5.82 Å². The fraction of sp³-hybridized carbons (Fsp3) is 0.737. The molecule has 4 heterocycles. The number of piperidine rings is 1. The summed E-state index contributed by atoms with van der Waals surface area (Å²) in [5, 5.41) is 0. The van der Waals surface area contributed by atoms with Crippen molar-refractivity contribution in [3.8, 4) is 0 Å². The number of carbonyl (C=O) groups is 1. The lowest BCUT2D eigenvalue weighted by molar-refractivity contribution is -0.169. The van der Waals surface area contributed by atoms with E-state index in [2.05, 4.69) is 14.8 Å². The molecule has 1 amide bonds. The van der Waals surface area contributed by atoms with E-state index in [0.29, 0.717) is 46.0 Å². The number of amides is 1. The number of anilines is 2. The molecule has 0 aromatic carbocycles. The molecule has 28 heavy (non-hydrogen) atoms. The average molecular weight is 391 g/mol. The molecule has 0 aliphatic carbocycles. The Balaban J connectivity index is 1.40. The number of rotatable bonds is 3. The number of aromatic nitrogens is 2. The molecule has 3 aliphatic heterocycles. The molecule has 0 radical (unpaired) electrons. The van der Waals surface area contributed by atoms with Crippen molar-refractivity contribution in [1.82, 2.24) is 14.9 Å². The predicted molar refractivity (Wildman–Crippen MR) is 104 cm³/mol. The summed E-state index contributed by atoms with van der Waals surface area (Å²) < 4.78 is 16.7. The molecule has 1 aromatic rings. The van der Waals surface area contributed by atoms with Crippen LogP contribution >= 0.6 is 0 Å². The number of carbonyl (C=O) groups excluding carboxylic acids is 1. The van der Waals surface area contributed by atoms with Crippen LogP contribution in [0.1, 0.15) is 25.5 Å². The molecule has 1 aromatic heterocycles. The van der Waals surface area contributed by atoms with Gasteiger partial charge in [-0.1, -0.05) is 0 Å². The SMILES string of the molecule is CCOC(=O)N1CCN(c2nc(C)cc(N3CCC4(CC3)OCCO4)n2)CC1. The smallest absolute Gasteiger partial charge is 0.409 e. The standard InChI is InChI=1S/C19H29N5O4/c1-3-26-18(25)24-10-8-23(9-11-24)17-20-15(2)14-16(21-17)22-6-4-19(5-7-22)27-12-13-28-19/h14H,3-13H2,1-2H3. The third-order valence-corrected chi connectivity index (χ3v) is 5.58. The molecule has 0 unspecified atom stereocenters. The monoisotopic (exact) mass is 391 g/mol. The van der Waals surface area contributed by atoms with E-state index in [1.165, 1.54) is 0 Å². The Morgan fingerprint density at radius 1 is 1.07 bits per heavy atom. The first kappa shape index (κ1) is 19.2. The van der Waals surface area contributed by atoms with Crippen LogP contribution in [-0.4, -0.2) is 85.8 Å². The predicted octanol–water partition coefficient (Wildman–Crippen LogP) is 1.41. The van der Waals surface area contributed by atoms with Gasteiger partial charge in [0, 0.05) is 63.9 Å². The summed E-state index contributed by atoms with van der Waals surface area (Å²) in [5.41, 5.74) is 0.946. The van der Waals surface area contributed by atoms with Crippen molar-refractivity contribution in [3.63, 3.8) is 0 Å². The minimum atomic E-state index is -0.384. The zero-order valence-corrected chi connectivity index (χ0v) is 16.7. The highest BCUT2D eigenvalue weighted by Crippen LogP contribution is 2.33. The fourth-order valence-corrected chi connectivity index (χ4v) is 4.01. The van der Waals surface area contributed by atoms with E-state index in [0.717, 1.165) is 43.4 Å². The number of aryl methyl sites for hydroxylation is 1. The van der Waals surface area contributed by atoms with E-state index >= 15 is 0 Å². The van der Waals surface area contributed by atoms with Crippen molar-refractivity contribution < 1.29 is 19.0 Å². The molecule has 9 nitrogen and oxygen atoms in total. The molecule has 3 fully saturated rings. The van der Waals surface area contributed by atoms with Gasteiger partial charge in [0.2, 0.25) is 5.95 Å². The molecule has 1 spiro atoms.